The summed E-state index contributed by atoms with van der Waals surface area (Å²) in [5, 5.41) is 9.15. The van der Waals surface area contributed by atoms with Crippen LogP contribution in [0.2, 0.25) is 0 Å². The van der Waals surface area contributed by atoms with Crippen molar-refractivity contribution in [3.05, 3.63) is 23.8 Å². The molecule has 1 aliphatic rings. The SMILES string of the molecule is CCCCCCCOc1c(CN2CCC(C(=O)O)CC2)cccc1OC. The number of carboxylic acid groups (broad SMARTS) is 1. The van der Waals surface area contributed by atoms with Crippen LogP contribution in [-0.2, 0) is 11.3 Å². The molecule has 0 aromatic heterocycles. The van der Waals surface area contributed by atoms with Crippen molar-refractivity contribution in [3.63, 3.8) is 0 Å². The highest BCUT2D eigenvalue weighted by atomic mass is 16.5. The van der Waals surface area contributed by atoms with Crippen molar-refractivity contribution in [1.29, 1.82) is 0 Å². The van der Waals surface area contributed by atoms with Gasteiger partial charge in [0.2, 0.25) is 0 Å². The Morgan fingerprint density at radius 2 is 1.92 bits per heavy atom. The molecule has 0 bridgehead atoms. The van der Waals surface area contributed by atoms with Crippen LogP contribution in [0.4, 0.5) is 0 Å². The summed E-state index contributed by atoms with van der Waals surface area (Å²) in [6.45, 7) is 5.32. The average Bonchev–Trinajstić information content (AvgIpc) is 2.65. The normalized spacial score (nSPS) is 15.8. The average molecular weight is 363 g/mol. The van der Waals surface area contributed by atoms with Crippen molar-refractivity contribution in [3.8, 4) is 11.5 Å². The minimum atomic E-state index is -0.668. The molecule has 1 aromatic rings. The molecule has 0 amide bonds. The first kappa shape index (κ1) is 20.6. The molecule has 1 heterocycles. The number of likely N-dealkylation sites (tertiary alicyclic amines) is 1. The highest BCUT2D eigenvalue weighted by molar-refractivity contribution is 5.70. The second-order valence-corrected chi connectivity index (χ2v) is 7.10. The fourth-order valence-electron chi connectivity index (χ4n) is 3.47. The lowest BCUT2D eigenvalue weighted by molar-refractivity contribution is -0.143. The zero-order valence-electron chi connectivity index (χ0n) is 16.2. The number of benzene rings is 1. The van der Waals surface area contributed by atoms with Crippen LogP contribution in [0.3, 0.4) is 0 Å². The molecule has 26 heavy (non-hydrogen) atoms. The molecule has 0 radical (unpaired) electrons. The van der Waals surface area contributed by atoms with Crippen molar-refractivity contribution in [1.82, 2.24) is 4.90 Å². The molecule has 0 saturated carbocycles. The number of methoxy groups -OCH3 is 1. The van der Waals surface area contributed by atoms with Gasteiger partial charge in [-0.25, -0.2) is 0 Å². The van der Waals surface area contributed by atoms with E-state index in [0.717, 1.165) is 43.1 Å². The van der Waals surface area contributed by atoms with Gasteiger partial charge in [-0.1, -0.05) is 44.7 Å². The Morgan fingerprint density at radius 3 is 2.58 bits per heavy atom. The minimum absolute atomic E-state index is 0.199. The standard InChI is InChI=1S/C21H33NO4/c1-3-4-5-6-7-15-26-20-18(9-8-10-19(20)25-2)16-22-13-11-17(12-14-22)21(23)24/h8-10,17H,3-7,11-16H2,1-2H3,(H,23,24). The third-order valence-electron chi connectivity index (χ3n) is 5.11. The molecule has 1 aliphatic heterocycles. The van der Waals surface area contributed by atoms with Crippen LogP contribution in [0.5, 0.6) is 11.5 Å². The molecule has 1 N–H and O–H groups in total. The number of carbonyl (C=O) groups is 1. The maximum Gasteiger partial charge on any atom is 0.306 e. The van der Waals surface area contributed by atoms with Gasteiger partial charge in [0.05, 0.1) is 19.6 Å². The Kier molecular flexibility index (Phi) is 8.75. The first-order chi connectivity index (χ1) is 12.7. The van der Waals surface area contributed by atoms with Gasteiger partial charge in [-0.05, 0) is 38.4 Å². The second-order valence-electron chi connectivity index (χ2n) is 7.10. The highest BCUT2D eigenvalue weighted by Crippen LogP contribution is 2.33. The Labute approximate surface area is 157 Å². The number of para-hydroxylation sites is 1. The van der Waals surface area contributed by atoms with E-state index < -0.39 is 5.97 Å². The van der Waals surface area contributed by atoms with Gasteiger partial charge >= 0.3 is 5.97 Å². The van der Waals surface area contributed by atoms with Crippen LogP contribution in [0.15, 0.2) is 18.2 Å². The predicted octanol–water partition coefficient (Wildman–Crippen LogP) is 4.34. The van der Waals surface area contributed by atoms with E-state index in [1.165, 1.54) is 25.7 Å². The van der Waals surface area contributed by atoms with E-state index in [1.807, 2.05) is 12.1 Å². The van der Waals surface area contributed by atoms with Crippen LogP contribution < -0.4 is 9.47 Å². The third kappa shape index (κ3) is 6.20. The van der Waals surface area contributed by atoms with E-state index >= 15 is 0 Å². The van der Waals surface area contributed by atoms with Crippen LogP contribution in [0, 0.1) is 5.92 Å². The van der Waals surface area contributed by atoms with Gasteiger partial charge in [-0.3, -0.25) is 9.69 Å². The quantitative estimate of drug-likeness (QED) is 0.593. The van der Waals surface area contributed by atoms with Gasteiger partial charge in [-0.15, -0.1) is 0 Å². The lowest BCUT2D eigenvalue weighted by Crippen LogP contribution is -2.35. The Bertz CT molecular complexity index is 553. The molecule has 2 rings (SSSR count). The van der Waals surface area contributed by atoms with Crippen LogP contribution >= 0.6 is 0 Å². The summed E-state index contributed by atoms with van der Waals surface area (Å²) in [7, 11) is 1.67. The molecule has 0 unspecified atom stereocenters. The molecular formula is C21H33NO4. The van der Waals surface area contributed by atoms with Crippen LogP contribution in [0.25, 0.3) is 0 Å². The van der Waals surface area contributed by atoms with E-state index in [0.29, 0.717) is 19.4 Å². The maximum atomic E-state index is 11.1. The molecule has 1 aromatic carbocycles. The Morgan fingerprint density at radius 1 is 1.19 bits per heavy atom. The molecule has 0 spiro atoms. The van der Waals surface area contributed by atoms with Crippen molar-refractivity contribution in [2.45, 2.75) is 58.4 Å². The number of aliphatic carboxylic acids is 1. The number of hydrogen-bond acceptors (Lipinski definition) is 4. The lowest BCUT2D eigenvalue weighted by Gasteiger charge is -2.30. The number of carboxylic acids is 1. The van der Waals surface area contributed by atoms with Crippen molar-refractivity contribution in [2.24, 2.45) is 5.92 Å². The lowest BCUT2D eigenvalue weighted by atomic mass is 9.97. The number of piperidine rings is 1. The summed E-state index contributed by atoms with van der Waals surface area (Å²) in [6, 6.07) is 6.01. The number of rotatable bonds is 11. The number of ether oxygens (including phenoxy) is 2. The van der Waals surface area contributed by atoms with Gasteiger partial charge in [-0.2, -0.15) is 0 Å². The van der Waals surface area contributed by atoms with E-state index in [-0.39, 0.29) is 5.92 Å². The topological polar surface area (TPSA) is 59.0 Å². The molecule has 0 atom stereocenters. The molecule has 146 valence electrons. The fraction of sp³-hybridized carbons (Fsp3) is 0.667. The highest BCUT2D eigenvalue weighted by Gasteiger charge is 2.25. The number of nitrogens with zero attached hydrogens (tertiary/aromatic N) is 1. The molecule has 0 aliphatic carbocycles. The molecule has 1 saturated heterocycles. The largest absolute Gasteiger partial charge is 0.493 e. The van der Waals surface area contributed by atoms with E-state index in [9.17, 15) is 4.79 Å². The summed E-state index contributed by atoms with van der Waals surface area (Å²) in [5.41, 5.74) is 1.12. The van der Waals surface area contributed by atoms with Crippen LogP contribution in [-0.4, -0.2) is 42.8 Å². The second kappa shape index (κ2) is 11.1. The fourth-order valence-corrected chi connectivity index (χ4v) is 3.47. The Hall–Kier alpha value is -1.75. The van der Waals surface area contributed by atoms with E-state index in [4.69, 9.17) is 14.6 Å². The first-order valence-electron chi connectivity index (χ1n) is 9.89. The van der Waals surface area contributed by atoms with Gasteiger partial charge in [0.25, 0.3) is 0 Å². The zero-order chi connectivity index (χ0) is 18.8. The summed E-state index contributed by atoms with van der Waals surface area (Å²) < 4.78 is 11.6. The minimum Gasteiger partial charge on any atom is -0.493 e. The zero-order valence-corrected chi connectivity index (χ0v) is 16.2. The van der Waals surface area contributed by atoms with Gasteiger partial charge < -0.3 is 14.6 Å². The summed E-state index contributed by atoms with van der Waals surface area (Å²) in [6.07, 6.45) is 7.47. The van der Waals surface area contributed by atoms with Gasteiger partial charge in [0.1, 0.15) is 0 Å². The van der Waals surface area contributed by atoms with E-state index in [2.05, 4.69) is 17.9 Å². The monoisotopic (exact) mass is 363 g/mol. The van der Waals surface area contributed by atoms with E-state index in [1.54, 1.807) is 7.11 Å². The maximum absolute atomic E-state index is 11.1. The molecule has 5 nitrogen and oxygen atoms in total. The van der Waals surface area contributed by atoms with Crippen molar-refractivity contribution >= 4 is 5.97 Å². The third-order valence-corrected chi connectivity index (χ3v) is 5.11. The summed E-state index contributed by atoms with van der Waals surface area (Å²) in [5.74, 6) is 0.746. The molecule has 5 heteroatoms. The van der Waals surface area contributed by atoms with Crippen molar-refractivity contribution < 1.29 is 19.4 Å². The molecular weight excluding hydrogens is 330 g/mol. The van der Waals surface area contributed by atoms with Gasteiger partial charge in [0, 0.05) is 12.1 Å². The van der Waals surface area contributed by atoms with Crippen LogP contribution in [0.1, 0.15) is 57.4 Å². The summed E-state index contributed by atoms with van der Waals surface area (Å²) in [4.78, 5) is 13.4. The number of unbranched alkanes of at least 4 members (excludes halogenated alkanes) is 4. The Balaban J connectivity index is 1.92. The number of hydrogen-bond donors (Lipinski definition) is 1. The smallest absolute Gasteiger partial charge is 0.306 e. The predicted molar refractivity (Wildman–Crippen MR) is 103 cm³/mol. The van der Waals surface area contributed by atoms with Gasteiger partial charge in [0.15, 0.2) is 11.5 Å². The molecule has 1 fully saturated rings. The first-order valence-corrected chi connectivity index (χ1v) is 9.89. The van der Waals surface area contributed by atoms with Crippen molar-refractivity contribution in [2.75, 3.05) is 26.8 Å². The summed E-state index contributed by atoms with van der Waals surface area (Å²) >= 11 is 0.